The van der Waals surface area contributed by atoms with Crippen LogP contribution in [0.5, 0.6) is 0 Å². The first-order valence-electron chi connectivity index (χ1n) is 14.4. The third-order valence-electron chi connectivity index (χ3n) is 7.95. The van der Waals surface area contributed by atoms with E-state index in [0.29, 0.717) is 11.8 Å². The van der Waals surface area contributed by atoms with Crippen molar-refractivity contribution in [2.24, 2.45) is 11.8 Å². The van der Waals surface area contributed by atoms with Crippen LogP contribution < -0.4 is 9.80 Å². The van der Waals surface area contributed by atoms with Crippen molar-refractivity contribution in [2.45, 2.75) is 58.0 Å². The van der Waals surface area contributed by atoms with Gasteiger partial charge >= 0.3 is 12.4 Å². The van der Waals surface area contributed by atoms with E-state index in [2.05, 4.69) is 19.9 Å². The number of halogens is 7. The molecule has 0 saturated heterocycles. The first kappa shape index (κ1) is 30.4. The van der Waals surface area contributed by atoms with Crippen molar-refractivity contribution < 1.29 is 26.3 Å². The molecule has 2 heterocycles. The van der Waals surface area contributed by atoms with E-state index < -0.39 is 23.5 Å². The highest BCUT2D eigenvalue weighted by atomic mass is 35.5. The van der Waals surface area contributed by atoms with E-state index in [1.165, 1.54) is 4.90 Å². The molecule has 0 aliphatic heterocycles. The summed E-state index contributed by atoms with van der Waals surface area (Å²) in [6.45, 7) is 3.33. The summed E-state index contributed by atoms with van der Waals surface area (Å²) in [4.78, 5) is 21.1. The summed E-state index contributed by atoms with van der Waals surface area (Å²) < 4.78 is 82.2. The standard InChI is InChI=1S/C31H29ClF6N6/c1-18-3-2-4-22-11-23(27(41-26(18)22)43(13-19-5-6-19)14-20-7-8-20)16-44(29-40-17-39-28(32)42-29)15-21-9-24(30(33,34)35)12-25(10-21)31(36,37)38/h2-4,9-12,17,19-20H,5-8,13-16H2,1H3. The van der Waals surface area contributed by atoms with Gasteiger partial charge in [0, 0.05) is 37.1 Å². The molecule has 0 amide bonds. The summed E-state index contributed by atoms with van der Waals surface area (Å²) in [6, 6.07) is 9.38. The highest BCUT2D eigenvalue weighted by Gasteiger charge is 2.37. The van der Waals surface area contributed by atoms with Crippen LogP contribution in [0.4, 0.5) is 38.1 Å². The maximum Gasteiger partial charge on any atom is 0.416 e. The van der Waals surface area contributed by atoms with Crippen LogP contribution in [0, 0.1) is 18.8 Å². The molecule has 0 spiro atoms. The summed E-state index contributed by atoms with van der Waals surface area (Å²) >= 11 is 6.06. The second-order valence-corrected chi connectivity index (χ2v) is 12.1. The lowest BCUT2D eigenvalue weighted by Crippen LogP contribution is -2.32. The predicted molar refractivity (Wildman–Crippen MR) is 155 cm³/mol. The van der Waals surface area contributed by atoms with Gasteiger partial charge in [-0.15, -0.1) is 0 Å². The highest BCUT2D eigenvalue weighted by molar-refractivity contribution is 6.28. The van der Waals surface area contributed by atoms with Gasteiger partial charge in [-0.2, -0.15) is 31.3 Å². The Labute approximate surface area is 255 Å². The first-order valence-corrected chi connectivity index (χ1v) is 14.7. The van der Waals surface area contributed by atoms with Crippen LogP contribution in [-0.2, 0) is 25.4 Å². The van der Waals surface area contributed by atoms with Crippen molar-refractivity contribution in [1.29, 1.82) is 0 Å². The molecule has 2 fully saturated rings. The fraction of sp³-hybridized carbons (Fsp3) is 0.419. The number of aromatic nitrogens is 4. The van der Waals surface area contributed by atoms with Gasteiger partial charge < -0.3 is 9.80 Å². The number of rotatable bonds is 10. The monoisotopic (exact) mass is 634 g/mol. The van der Waals surface area contributed by atoms with Gasteiger partial charge in [-0.05, 0) is 91.4 Å². The maximum atomic E-state index is 13.7. The molecule has 0 radical (unpaired) electrons. The fourth-order valence-electron chi connectivity index (χ4n) is 5.40. The second-order valence-electron chi connectivity index (χ2n) is 11.7. The molecule has 4 aromatic rings. The van der Waals surface area contributed by atoms with Gasteiger partial charge in [-0.3, -0.25) is 0 Å². The molecule has 2 aliphatic carbocycles. The zero-order valence-electron chi connectivity index (χ0n) is 23.8. The molecular weight excluding hydrogens is 606 g/mol. The quantitative estimate of drug-likeness (QED) is 0.164. The van der Waals surface area contributed by atoms with Crippen molar-refractivity contribution in [3.8, 4) is 0 Å². The molecule has 6 nitrogen and oxygen atoms in total. The van der Waals surface area contributed by atoms with E-state index in [9.17, 15) is 26.3 Å². The highest BCUT2D eigenvalue weighted by Crippen LogP contribution is 2.39. The predicted octanol–water partition coefficient (Wildman–Crippen LogP) is 8.25. The van der Waals surface area contributed by atoms with Crippen LogP contribution in [0.1, 0.15) is 53.5 Å². The van der Waals surface area contributed by atoms with Crippen LogP contribution in [0.15, 0.2) is 48.8 Å². The minimum atomic E-state index is -4.98. The van der Waals surface area contributed by atoms with E-state index in [1.54, 1.807) is 0 Å². The van der Waals surface area contributed by atoms with Crippen LogP contribution in [0.2, 0.25) is 5.28 Å². The Morgan fingerprint density at radius 1 is 0.795 bits per heavy atom. The van der Waals surface area contributed by atoms with Gasteiger partial charge in [0.2, 0.25) is 11.2 Å². The van der Waals surface area contributed by atoms with Gasteiger partial charge in [-0.1, -0.05) is 18.2 Å². The summed E-state index contributed by atoms with van der Waals surface area (Å²) in [5.41, 5.74) is -0.395. The number of anilines is 2. The lowest BCUT2D eigenvalue weighted by Gasteiger charge is -2.30. The number of para-hydroxylation sites is 1. The number of benzene rings is 2. The number of alkyl halides is 6. The lowest BCUT2D eigenvalue weighted by atomic mass is 10.0. The minimum absolute atomic E-state index is 0.0159. The molecule has 44 heavy (non-hydrogen) atoms. The Hall–Kier alpha value is -3.67. The summed E-state index contributed by atoms with van der Waals surface area (Å²) in [5, 5.41) is 0.713. The molecule has 0 bridgehead atoms. The molecule has 2 aliphatic rings. The van der Waals surface area contributed by atoms with Crippen molar-refractivity contribution in [1.82, 2.24) is 19.9 Å². The van der Waals surface area contributed by atoms with Gasteiger partial charge in [0.25, 0.3) is 0 Å². The minimum Gasteiger partial charge on any atom is -0.356 e. The van der Waals surface area contributed by atoms with Crippen molar-refractivity contribution in [3.63, 3.8) is 0 Å². The molecule has 2 aromatic heterocycles. The maximum absolute atomic E-state index is 13.7. The normalized spacial score (nSPS) is 15.5. The molecule has 2 aromatic carbocycles. The summed E-state index contributed by atoms with van der Waals surface area (Å²) in [5.74, 6) is 1.87. The van der Waals surface area contributed by atoms with E-state index >= 15 is 0 Å². The topological polar surface area (TPSA) is 58.0 Å². The summed E-state index contributed by atoms with van der Waals surface area (Å²) in [7, 11) is 0. The van der Waals surface area contributed by atoms with E-state index in [-0.39, 0.29) is 36.0 Å². The number of hydrogen-bond acceptors (Lipinski definition) is 6. The molecule has 0 atom stereocenters. The van der Waals surface area contributed by atoms with Crippen molar-refractivity contribution in [3.05, 3.63) is 81.9 Å². The Bertz CT molecular complexity index is 1620. The number of aryl methyl sites for hydroxylation is 1. The Morgan fingerprint density at radius 2 is 1.43 bits per heavy atom. The molecule has 232 valence electrons. The lowest BCUT2D eigenvalue weighted by molar-refractivity contribution is -0.143. The first-order chi connectivity index (χ1) is 20.8. The third-order valence-corrected chi connectivity index (χ3v) is 8.13. The van der Waals surface area contributed by atoms with Crippen LogP contribution in [0.3, 0.4) is 0 Å². The molecule has 0 unspecified atom stereocenters. The van der Waals surface area contributed by atoms with Crippen LogP contribution >= 0.6 is 11.6 Å². The molecule has 6 rings (SSSR count). The second kappa shape index (κ2) is 11.7. The average Bonchev–Trinajstić information content (AvgIpc) is 3.89. The largest absolute Gasteiger partial charge is 0.416 e. The number of hydrogen-bond donors (Lipinski definition) is 0. The SMILES string of the molecule is Cc1cccc2cc(CN(Cc3cc(C(F)(F)F)cc(C(F)(F)F)c3)c3ncnc(Cl)n3)c(N(CC3CC3)CC3CC3)nc12. The molecular formula is C31H29ClF6N6. The van der Waals surface area contributed by atoms with Crippen LogP contribution in [-0.4, -0.2) is 33.0 Å². The fourth-order valence-corrected chi connectivity index (χ4v) is 5.52. The Kier molecular flexibility index (Phi) is 8.06. The Balaban J connectivity index is 1.45. The van der Waals surface area contributed by atoms with Gasteiger partial charge in [0.15, 0.2) is 0 Å². The Morgan fingerprint density at radius 3 is 2.00 bits per heavy atom. The molecule has 13 heteroatoms. The van der Waals surface area contributed by atoms with E-state index in [0.717, 1.165) is 85.1 Å². The van der Waals surface area contributed by atoms with Gasteiger partial charge in [-0.25, -0.2) is 15.0 Å². The van der Waals surface area contributed by atoms with E-state index in [4.69, 9.17) is 16.6 Å². The number of fused-ring (bicyclic) bond motifs is 1. The van der Waals surface area contributed by atoms with Gasteiger partial charge in [0.05, 0.1) is 16.6 Å². The average molecular weight is 635 g/mol. The molecule has 2 saturated carbocycles. The zero-order valence-corrected chi connectivity index (χ0v) is 24.5. The van der Waals surface area contributed by atoms with Crippen molar-refractivity contribution in [2.75, 3.05) is 22.9 Å². The van der Waals surface area contributed by atoms with Crippen molar-refractivity contribution >= 4 is 34.3 Å². The summed E-state index contributed by atoms with van der Waals surface area (Å²) in [6.07, 6.45) is -4.26. The molecule has 0 N–H and O–H groups in total. The number of pyridine rings is 1. The van der Waals surface area contributed by atoms with E-state index in [1.807, 2.05) is 31.2 Å². The number of nitrogens with zero attached hydrogens (tertiary/aromatic N) is 6. The third kappa shape index (κ3) is 7.17. The zero-order chi connectivity index (χ0) is 31.2. The smallest absolute Gasteiger partial charge is 0.356 e. The van der Waals surface area contributed by atoms with Crippen LogP contribution in [0.25, 0.3) is 10.9 Å². The van der Waals surface area contributed by atoms with Gasteiger partial charge in [0.1, 0.15) is 12.1 Å².